The van der Waals surface area contributed by atoms with Crippen molar-refractivity contribution < 1.29 is 13.7 Å². The van der Waals surface area contributed by atoms with E-state index in [9.17, 15) is 9.18 Å². The summed E-state index contributed by atoms with van der Waals surface area (Å²) in [5.41, 5.74) is 1.96. The fraction of sp³-hybridized carbons (Fsp3) is 0.350. The average Bonchev–Trinajstić information content (AvgIpc) is 3.38. The Hall–Kier alpha value is -2.54. The van der Waals surface area contributed by atoms with Crippen LogP contribution < -0.4 is 4.90 Å². The summed E-state index contributed by atoms with van der Waals surface area (Å²) in [6.07, 6.45) is 5.02. The van der Waals surface area contributed by atoms with Gasteiger partial charge in [0.15, 0.2) is 5.82 Å². The van der Waals surface area contributed by atoms with Crippen molar-refractivity contribution in [2.45, 2.75) is 38.0 Å². The molecular formula is C20H18FN3O2S. The highest BCUT2D eigenvalue weighted by atomic mass is 32.1. The minimum Gasteiger partial charge on any atom is -0.333 e. The summed E-state index contributed by atoms with van der Waals surface area (Å²) >= 11 is 1.73. The molecule has 0 radical (unpaired) electrons. The first-order valence-electron chi connectivity index (χ1n) is 9.19. The Kier molecular flexibility index (Phi) is 4.04. The molecule has 2 aliphatic rings. The van der Waals surface area contributed by atoms with Crippen molar-refractivity contribution in [3.63, 3.8) is 0 Å². The zero-order chi connectivity index (χ0) is 18.4. The van der Waals surface area contributed by atoms with Crippen LogP contribution in [0.25, 0.3) is 10.8 Å². The van der Waals surface area contributed by atoms with Gasteiger partial charge in [0.25, 0.3) is 5.89 Å². The van der Waals surface area contributed by atoms with E-state index in [-0.39, 0.29) is 17.6 Å². The summed E-state index contributed by atoms with van der Waals surface area (Å²) < 4.78 is 19.0. The molecule has 5 nitrogen and oxygen atoms in total. The number of nitrogens with zero attached hydrogens (tertiary/aromatic N) is 3. The van der Waals surface area contributed by atoms with Gasteiger partial charge in [0, 0.05) is 29.4 Å². The van der Waals surface area contributed by atoms with Crippen LogP contribution in [0.1, 0.15) is 41.4 Å². The number of hydrogen-bond acceptors (Lipinski definition) is 5. The minimum atomic E-state index is -0.354. The zero-order valence-corrected chi connectivity index (χ0v) is 15.5. The first kappa shape index (κ1) is 16.6. The molecule has 138 valence electrons. The number of halogens is 1. The van der Waals surface area contributed by atoms with Crippen LogP contribution in [0.2, 0.25) is 0 Å². The number of amides is 1. The van der Waals surface area contributed by atoms with Crippen LogP contribution in [-0.2, 0) is 17.6 Å². The summed E-state index contributed by atoms with van der Waals surface area (Å²) in [6, 6.07) is 8.25. The topological polar surface area (TPSA) is 59.2 Å². The lowest BCUT2D eigenvalue weighted by Gasteiger charge is -2.15. The predicted molar refractivity (Wildman–Crippen MR) is 100 cm³/mol. The minimum absolute atomic E-state index is 0.0523. The van der Waals surface area contributed by atoms with Crippen molar-refractivity contribution in [1.82, 2.24) is 10.1 Å². The van der Waals surface area contributed by atoms with E-state index in [0.717, 1.165) is 17.7 Å². The highest BCUT2D eigenvalue weighted by Gasteiger charge is 2.35. The van der Waals surface area contributed by atoms with Gasteiger partial charge in [-0.2, -0.15) is 4.98 Å². The number of carbonyl (C=O) groups is 1. The van der Waals surface area contributed by atoms with Crippen LogP contribution >= 0.6 is 11.3 Å². The lowest BCUT2D eigenvalue weighted by atomic mass is 9.99. The molecule has 1 aliphatic carbocycles. The molecule has 1 aliphatic heterocycles. The van der Waals surface area contributed by atoms with Gasteiger partial charge in [0.1, 0.15) is 5.82 Å². The molecule has 1 saturated heterocycles. The molecule has 7 heteroatoms. The van der Waals surface area contributed by atoms with E-state index >= 15 is 0 Å². The third-order valence-electron chi connectivity index (χ3n) is 5.26. The second kappa shape index (κ2) is 6.56. The molecule has 1 atom stereocenters. The number of aromatic nitrogens is 2. The van der Waals surface area contributed by atoms with Crippen LogP contribution in [0, 0.1) is 5.82 Å². The Balaban J connectivity index is 1.37. The quantitative estimate of drug-likeness (QED) is 0.675. The number of fused-ring (bicyclic) bond motifs is 1. The summed E-state index contributed by atoms with van der Waals surface area (Å²) in [5.74, 6) is 0.522. The maximum Gasteiger partial charge on any atom is 0.268 e. The van der Waals surface area contributed by atoms with Crippen LogP contribution in [0.15, 0.2) is 34.9 Å². The van der Waals surface area contributed by atoms with Crippen LogP contribution in [0.5, 0.6) is 0 Å². The molecule has 0 N–H and O–H groups in total. The Morgan fingerprint density at radius 2 is 2.11 bits per heavy atom. The molecule has 1 unspecified atom stereocenters. The molecule has 2 aromatic heterocycles. The van der Waals surface area contributed by atoms with Crippen LogP contribution in [0.4, 0.5) is 10.1 Å². The lowest BCUT2D eigenvalue weighted by Crippen LogP contribution is -2.24. The monoisotopic (exact) mass is 383 g/mol. The Bertz CT molecular complexity index is 989. The summed E-state index contributed by atoms with van der Waals surface area (Å²) in [5, 5.41) is 4.13. The summed E-state index contributed by atoms with van der Waals surface area (Å²) in [4.78, 5) is 21.0. The van der Waals surface area contributed by atoms with Gasteiger partial charge in [-0.1, -0.05) is 11.2 Å². The molecule has 5 rings (SSSR count). The third-order valence-corrected chi connectivity index (χ3v) is 6.48. The molecule has 3 heterocycles. The van der Waals surface area contributed by atoms with E-state index in [4.69, 9.17) is 4.52 Å². The molecule has 1 aromatic carbocycles. The van der Waals surface area contributed by atoms with Crippen molar-refractivity contribution in [1.29, 1.82) is 0 Å². The maximum absolute atomic E-state index is 13.5. The molecule has 1 amide bonds. The number of thiophene rings is 1. The smallest absolute Gasteiger partial charge is 0.268 e. The highest BCUT2D eigenvalue weighted by Crippen LogP contribution is 2.36. The Morgan fingerprint density at radius 1 is 1.22 bits per heavy atom. The van der Waals surface area contributed by atoms with Gasteiger partial charge < -0.3 is 9.42 Å². The van der Waals surface area contributed by atoms with Gasteiger partial charge in [0.2, 0.25) is 5.91 Å². The summed E-state index contributed by atoms with van der Waals surface area (Å²) in [7, 11) is 0. The number of hydrogen-bond donors (Lipinski definition) is 0. The molecule has 0 bridgehead atoms. The fourth-order valence-corrected chi connectivity index (χ4v) is 5.05. The van der Waals surface area contributed by atoms with Crippen molar-refractivity contribution in [3.05, 3.63) is 52.4 Å². The van der Waals surface area contributed by atoms with Gasteiger partial charge >= 0.3 is 0 Å². The summed E-state index contributed by atoms with van der Waals surface area (Å²) in [6.45, 7) is 0.433. The second-order valence-electron chi connectivity index (χ2n) is 7.11. The molecule has 0 saturated carbocycles. The normalized spacial score (nSPS) is 19.5. The maximum atomic E-state index is 13.5. The van der Waals surface area contributed by atoms with E-state index in [1.807, 2.05) is 0 Å². The van der Waals surface area contributed by atoms with Crippen LogP contribution in [-0.4, -0.2) is 22.6 Å². The zero-order valence-electron chi connectivity index (χ0n) is 14.7. The fourth-order valence-electron chi connectivity index (χ4n) is 3.87. The van der Waals surface area contributed by atoms with E-state index < -0.39 is 0 Å². The van der Waals surface area contributed by atoms with Crippen molar-refractivity contribution in [3.8, 4) is 10.8 Å². The van der Waals surface area contributed by atoms with E-state index in [1.165, 1.54) is 35.4 Å². The van der Waals surface area contributed by atoms with Crippen LogP contribution in [0.3, 0.4) is 0 Å². The lowest BCUT2D eigenvalue weighted by molar-refractivity contribution is -0.117. The van der Waals surface area contributed by atoms with Crippen molar-refractivity contribution >= 4 is 22.9 Å². The molecule has 3 aromatic rings. The largest absolute Gasteiger partial charge is 0.333 e. The number of rotatable bonds is 3. The predicted octanol–water partition coefficient (Wildman–Crippen LogP) is 4.34. The van der Waals surface area contributed by atoms with Gasteiger partial charge in [0.05, 0.1) is 4.88 Å². The van der Waals surface area contributed by atoms with Crippen molar-refractivity contribution in [2.24, 2.45) is 0 Å². The van der Waals surface area contributed by atoms with E-state index in [2.05, 4.69) is 16.2 Å². The van der Waals surface area contributed by atoms with E-state index in [1.54, 1.807) is 28.4 Å². The molecule has 27 heavy (non-hydrogen) atoms. The second-order valence-corrected chi connectivity index (χ2v) is 8.25. The molecular weight excluding hydrogens is 365 g/mol. The standard InChI is InChI=1S/C20H18FN3O2S/c21-14-5-3-6-15(10-14)24-11-13(9-18(24)25)19-22-20(26-23-19)17-8-12-4-1-2-7-16(12)27-17/h3,5-6,8,10,13H,1-2,4,7,9,11H2. The van der Waals surface area contributed by atoms with Gasteiger partial charge in [-0.25, -0.2) is 4.39 Å². The highest BCUT2D eigenvalue weighted by molar-refractivity contribution is 7.15. The van der Waals surface area contributed by atoms with Crippen molar-refractivity contribution in [2.75, 3.05) is 11.4 Å². The number of aryl methyl sites for hydroxylation is 2. The van der Waals surface area contributed by atoms with E-state index in [0.29, 0.717) is 30.4 Å². The Morgan fingerprint density at radius 3 is 2.96 bits per heavy atom. The Labute approximate surface area is 159 Å². The van der Waals surface area contributed by atoms with Gasteiger partial charge in [-0.3, -0.25) is 4.79 Å². The first-order valence-corrected chi connectivity index (χ1v) is 10.0. The number of benzene rings is 1. The number of carbonyl (C=O) groups excluding carboxylic acids is 1. The average molecular weight is 383 g/mol. The SMILES string of the molecule is O=C1CC(c2noc(-c3cc4c(s3)CCCC4)n2)CN1c1cccc(F)c1. The first-order chi connectivity index (χ1) is 13.2. The molecule has 0 spiro atoms. The number of anilines is 1. The van der Waals surface area contributed by atoms with Gasteiger partial charge in [-0.05, 0) is 55.5 Å². The van der Waals surface area contributed by atoms with Gasteiger partial charge in [-0.15, -0.1) is 11.3 Å². The third kappa shape index (κ3) is 3.06. The molecule has 1 fully saturated rings.